The van der Waals surface area contributed by atoms with Crippen molar-refractivity contribution in [1.82, 2.24) is 4.98 Å². The minimum Gasteiger partial charge on any atom is -0.497 e. The number of ether oxygens (including phenoxy) is 2. The van der Waals surface area contributed by atoms with Crippen molar-refractivity contribution in [3.8, 4) is 5.75 Å². The Labute approximate surface area is 137 Å². The third-order valence-corrected chi connectivity index (χ3v) is 3.40. The van der Waals surface area contributed by atoms with Crippen molar-refractivity contribution in [3.63, 3.8) is 0 Å². The van der Waals surface area contributed by atoms with Gasteiger partial charge in [0.1, 0.15) is 11.4 Å². The molecule has 4 nitrogen and oxygen atoms in total. The number of methoxy groups -OCH3 is 1. The third kappa shape index (κ3) is 5.09. The van der Waals surface area contributed by atoms with Gasteiger partial charge in [-0.2, -0.15) is 0 Å². The zero-order valence-electron chi connectivity index (χ0n) is 14.1. The molecule has 0 fully saturated rings. The molecule has 122 valence electrons. The second-order valence-corrected chi connectivity index (χ2v) is 6.40. The molecule has 2 rings (SSSR count). The number of pyridine rings is 1. The Morgan fingerprint density at radius 1 is 1.13 bits per heavy atom. The number of esters is 1. The van der Waals surface area contributed by atoms with Crippen LogP contribution in [0.5, 0.6) is 5.75 Å². The maximum atomic E-state index is 12.3. The average Bonchev–Trinajstić information content (AvgIpc) is 2.52. The molecule has 1 heterocycles. The molecule has 1 atom stereocenters. The molecule has 0 amide bonds. The lowest BCUT2D eigenvalue weighted by Gasteiger charge is -2.23. The Hall–Kier alpha value is -2.36. The summed E-state index contributed by atoms with van der Waals surface area (Å²) in [5.74, 6) is 0.475. The lowest BCUT2D eigenvalue weighted by atomic mass is 9.89. The zero-order chi connectivity index (χ0) is 16.9. The standard InChI is InChI=1S/C19H23NO3/c1-19(2,3)23-18(21)12-17(15-6-5-11-20-13-15)14-7-9-16(22-4)10-8-14/h5-11,13,17H,12H2,1-4H3/t17-/m1/s1. The van der Waals surface area contributed by atoms with Crippen molar-refractivity contribution in [3.05, 3.63) is 59.9 Å². The Morgan fingerprint density at radius 3 is 2.35 bits per heavy atom. The highest BCUT2D eigenvalue weighted by molar-refractivity contribution is 5.72. The van der Waals surface area contributed by atoms with Crippen LogP contribution in [-0.4, -0.2) is 23.7 Å². The molecule has 1 aromatic carbocycles. The zero-order valence-corrected chi connectivity index (χ0v) is 14.1. The van der Waals surface area contributed by atoms with E-state index in [0.717, 1.165) is 16.9 Å². The molecule has 2 aromatic rings. The molecule has 0 aliphatic carbocycles. The fourth-order valence-corrected chi connectivity index (χ4v) is 2.40. The van der Waals surface area contributed by atoms with E-state index in [1.165, 1.54) is 0 Å². The fourth-order valence-electron chi connectivity index (χ4n) is 2.40. The maximum absolute atomic E-state index is 12.3. The van der Waals surface area contributed by atoms with E-state index in [4.69, 9.17) is 9.47 Å². The third-order valence-electron chi connectivity index (χ3n) is 3.40. The molecule has 1 aromatic heterocycles. The Morgan fingerprint density at radius 2 is 1.83 bits per heavy atom. The number of rotatable bonds is 5. The van der Waals surface area contributed by atoms with Crippen LogP contribution in [0.3, 0.4) is 0 Å². The van der Waals surface area contributed by atoms with E-state index in [9.17, 15) is 4.79 Å². The van der Waals surface area contributed by atoms with Gasteiger partial charge >= 0.3 is 5.97 Å². The van der Waals surface area contributed by atoms with Crippen molar-refractivity contribution in [2.24, 2.45) is 0 Å². The first-order valence-electron chi connectivity index (χ1n) is 7.65. The van der Waals surface area contributed by atoms with E-state index < -0.39 is 5.60 Å². The molecule has 0 radical (unpaired) electrons. The van der Waals surface area contributed by atoms with E-state index in [2.05, 4.69) is 4.98 Å². The van der Waals surface area contributed by atoms with Gasteiger partial charge in [-0.3, -0.25) is 9.78 Å². The minimum absolute atomic E-state index is 0.0931. The van der Waals surface area contributed by atoms with Gasteiger partial charge in [0, 0.05) is 18.3 Å². The van der Waals surface area contributed by atoms with Crippen LogP contribution in [0.4, 0.5) is 0 Å². The van der Waals surface area contributed by atoms with Gasteiger partial charge in [-0.15, -0.1) is 0 Å². The molecule has 0 saturated carbocycles. The number of carbonyl (C=O) groups is 1. The molecule has 0 N–H and O–H groups in total. The molecule has 23 heavy (non-hydrogen) atoms. The molecule has 0 aliphatic heterocycles. The van der Waals surface area contributed by atoms with Gasteiger partial charge in [0.05, 0.1) is 13.5 Å². The second kappa shape index (κ2) is 7.27. The van der Waals surface area contributed by atoms with E-state index in [1.54, 1.807) is 19.5 Å². The smallest absolute Gasteiger partial charge is 0.307 e. The van der Waals surface area contributed by atoms with Gasteiger partial charge in [-0.1, -0.05) is 18.2 Å². The summed E-state index contributed by atoms with van der Waals surface area (Å²) in [4.78, 5) is 16.4. The Kier molecular flexibility index (Phi) is 5.37. The number of nitrogens with zero attached hydrogens (tertiary/aromatic N) is 1. The summed E-state index contributed by atoms with van der Waals surface area (Å²) in [6, 6.07) is 11.6. The normalized spacial score (nSPS) is 12.5. The van der Waals surface area contributed by atoms with E-state index in [1.807, 2.05) is 57.2 Å². The summed E-state index contributed by atoms with van der Waals surface area (Å²) < 4.78 is 10.7. The first kappa shape index (κ1) is 17.0. The minimum atomic E-state index is -0.490. The van der Waals surface area contributed by atoms with Gasteiger partial charge < -0.3 is 9.47 Å². The molecule has 0 bridgehead atoms. The van der Waals surface area contributed by atoms with Crippen LogP contribution in [0.25, 0.3) is 0 Å². The quantitative estimate of drug-likeness (QED) is 0.784. The van der Waals surface area contributed by atoms with Gasteiger partial charge in [-0.05, 0) is 50.1 Å². The van der Waals surface area contributed by atoms with Crippen molar-refractivity contribution in [2.75, 3.05) is 7.11 Å². The molecule has 0 aliphatic rings. The van der Waals surface area contributed by atoms with Crippen LogP contribution in [0.15, 0.2) is 48.8 Å². The predicted molar refractivity (Wildman–Crippen MR) is 89.5 cm³/mol. The van der Waals surface area contributed by atoms with Gasteiger partial charge in [0.25, 0.3) is 0 Å². The summed E-state index contributed by atoms with van der Waals surface area (Å²) in [6.45, 7) is 5.62. The highest BCUT2D eigenvalue weighted by Gasteiger charge is 2.23. The van der Waals surface area contributed by atoms with Crippen LogP contribution in [0.1, 0.15) is 44.2 Å². The van der Waals surface area contributed by atoms with Crippen LogP contribution in [-0.2, 0) is 9.53 Å². The maximum Gasteiger partial charge on any atom is 0.307 e. The summed E-state index contributed by atoms with van der Waals surface area (Å²) >= 11 is 0. The molecule has 0 spiro atoms. The molecule has 4 heteroatoms. The first-order chi connectivity index (χ1) is 10.9. The summed E-state index contributed by atoms with van der Waals surface area (Å²) in [6.07, 6.45) is 3.79. The first-order valence-corrected chi connectivity index (χ1v) is 7.65. The fraction of sp³-hybridized carbons (Fsp3) is 0.368. The van der Waals surface area contributed by atoms with E-state index >= 15 is 0 Å². The van der Waals surface area contributed by atoms with Crippen molar-refractivity contribution < 1.29 is 14.3 Å². The van der Waals surface area contributed by atoms with Crippen LogP contribution < -0.4 is 4.74 Å². The Balaban J connectivity index is 2.27. The van der Waals surface area contributed by atoms with E-state index in [0.29, 0.717) is 0 Å². The topological polar surface area (TPSA) is 48.4 Å². The number of aromatic nitrogens is 1. The molecular weight excluding hydrogens is 290 g/mol. The SMILES string of the molecule is COc1ccc([C@@H](CC(=O)OC(C)(C)C)c2cccnc2)cc1. The van der Waals surface area contributed by atoms with Gasteiger partial charge in [0.15, 0.2) is 0 Å². The van der Waals surface area contributed by atoms with Crippen molar-refractivity contribution in [2.45, 2.75) is 38.7 Å². The largest absolute Gasteiger partial charge is 0.497 e. The number of carbonyl (C=O) groups excluding carboxylic acids is 1. The lowest BCUT2D eigenvalue weighted by Crippen LogP contribution is -2.25. The Bertz CT molecular complexity index is 630. The molecular formula is C19H23NO3. The highest BCUT2D eigenvalue weighted by Crippen LogP contribution is 2.30. The van der Waals surface area contributed by atoms with Crippen molar-refractivity contribution >= 4 is 5.97 Å². The average molecular weight is 313 g/mol. The number of hydrogen-bond donors (Lipinski definition) is 0. The summed E-state index contributed by atoms with van der Waals surface area (Å²) in [5.41, 5.74) is 1.53. The van der Waals surface area contributed by atoms with Crippen LogP contribution >= 0.6 is 0 Å². The second-order valence-electron chi connectivity index (χ2n) is 6.40. The van der Waals surface area contributed by atoms with Gasteiger partial charge in [-0.25, -0.2) is 0 Å². The molecule has 0 unspecified atom stereocenters. The highest BCUT2D eigenvalue weighted by atomic mass is 16.6. The van der Waals surface area contributed by atoms with E-state index in [-0.39, 0.29) is 18.3 Å². The predicted octanol–water partition coefficient (Wildman–Crippen LogP) is 3.95. The molecule has 0 saturated heterocycles. The number of benzene rings is 1. The monoisotopic (exact) mass is 313 g/mol. The number of hydrogen-bond acceptors (Lipinski definition) is 4. The summed E-state index contributed by atoms with van der Waals surface area (Å²) in [7, 11) is 1.63. The van der Waals surface area contributed by atoms with Crippen LogP contribution in [0, 0.1) is 0 Å². The van der Waals surface area contributed by atoms with Crippen molar-refractivity contribution in [1.29, 1.82) is 0 Å². The van der Waals surface area contributed by atoms with Gasteiger partial charge in [0.2, 0.25) is 0 Å². The van der Waals surface area contributed by atoms with Crippen LogP contribution in [0.2, 0.25) is 0 Å². The lowest BCUT2D eigenvalue weighted by molar-refractivity contribution is -0.155. The summed E-state index contributed by atoms with van der Waals surface area (Å²) in [5, 5.41) is 0.